The summed E-state index contributed by atoms with van der Waals surface area (Å²) in [6.45, 7) is 8.39. The van der Waals surface area contributed by atoms with E-state index in [1.807, 2.05) is 0 Å². The van der Waals surface area contributed by atoms with Crippen molar-refractivity contribution in [3.8, 4) is 0 Å². The molecule has 0 atom stereocenters. The van der Waals surface area contributed by atoms with Crippen LogP contribution in [0.25, 0.3) is 0 Å². The predicted molar refractivity (Wildman–Crippen MR) is 63.0 cm³/mol. The zero-order valence-electron chi connectivity index (χ0n) is 10.1. The fourth-order valence-corrected chi connectivity index (χ4v) is 2.69. The SMILES string of the molecule is CC1CCN(CCC2CCOCC2)CC1. The van der Waals surface area contributed by atoms with Crippen LogP contribution in [0.15, 0.2) is 0 Å². The van der Waals surface area contributed by atoms with Crippen LogP contribution in [0.4, 0.5) is 0 Å². The van der Waals surface area contributed by atoms with Gasteiger partial charge in [-0.1, -0.05) is 6.92 Å². The van der Waals surface area contributed by atoms with Gasteiger partial charge in [-0.25, -0.2) is 0 Å². The minimum Gasteiger partial charge on any atom is -0.381 e. The topological polar surface area (TPSA) is 12.5 Å². The van der Waals surface area contributed by atoms with Crippen molar-refractivity contribution < 1.29 is 4.74 Å². The molecule has 2 aliphatic rings. The monoisotopic (exact) mass is 211 g/mol. The molecule has 2 fully saturated rings. The van der Waals surface area contributed by atoms with E-state index in [9.17, 15) is 0 Å². The van der Waals surface area contributed by atoms with Gasteiger partial charge in [0.2, 0.25) is 0 Å². The van der Waals surface area contributed by atoms with Crippen LogP contribution < -0.4 is 0 Å². The minimum atomic E-state index is 0.943. The van der Waals surface area contributed by atoms with E-state index in [-0.39, 0.29) is 0 Å². The number of hydrogen-bond donors (Lipinski definition) is 0. The highest BCUT2D eigenvalue weighted by Crippen LogP contribution is 2.21. The van der Waals surface area contributed by atoms with Crippen LogP contribution in [0.1, 0.15) is 39.0 Å². The lowest BCUT2D eigenvalue weighted by molar-refractivity contribution is 0.0584. The lowest BCUT2D eigenvalue weighted by Gasteiger charge is -2.32. The van der Waals surface area contributed by atoms with E-state index in [2.05, 4.69) is 11.8 Å². The summed E-state index contributed by atoms with van der Waals surface area (Å²) in [7, 11) is 0. The molecule has 2 nitrogen and oxygen atoms in total. The molecule has 0 aromatic heterocycles. The van der Waals surface area contributed by atoms with Gasteiger partial charge in [-0.15, -0.1) is 0 Å². The summed E-state index contributed by atoms with van der Waals surface area (Å²) in [5, 5.41) is 0. The molecule has 2 saturated heterocycles. The van der Waals surface area contributed by atoms with Crippen LogP contribution in [0, 0.1) is 11.8 Å². The molecule has 2 rings (SSSR count). The Kier molecular flexibility index (Phi) is 4.45. The van der Waals surface area contributed by atoms with Gasteiger partial charge in [0.15, 0.2) is 0 Å². The van der Waals surface area contributed by atoms with Gasteiger partial charge in [0.25, 0.3) is 0 Å². The van der Waals surface area contributed by atoms with Gasteiger partial charge >= 0.3 is 0 Å². The fourth-order valence-electron chi connectivity index (χ4n) is 2.69. The first-order valence-corrected chi connectivity index (χ1v) is 6.64. The first kappa shape index (κ1) is 11.4. The van der Waals surface area contributed by atoms with Crippen molar-refractivity contribution in [2.24, 2.45) is 11.8 Å². The summed E-state index contributed by atoms with van der Waals surface area (Å²) < 4.78 is 5.39. The number of nitrogens with zero attached hydrogens (tertiary/aromatic N) is 1. The molecular weight excluding hydrogens is 186 g/mol. The van der Waals surface area contributed by atoms with Gasteiger partial charge in [-0.05, 0) is 63.6 Å². The van der Waals surface area contributed by atoms with Gasteiger partial charge in [-0.2, -0.15) is 0 Å². The van der Waals surface area contributed by atoms with Crippen LogP contribution in [0.5, 0.6) is 0 Å². The molecule has 0 radical (unpaired) electrons. The molecule has 88 valence electrons. The van der Waals surface area contributed by atoms with Crippen molar-refractivity contribution in [3.05, 3.63) is 0 Å². The lowest BCUT2D eigenvalue weighted by atomic mass is 9.95. The van der Waals surface area contributed by atoms with Crippen molar-refractivity contribution in [2.75, 3.05) is 32.8 Å². The van der Waals surface area contributed by atoms with E-state index in [0.29, 0.717) is 0 Å². The molecule has 0 saturated carbocycles. The van der Waals surface area contributed by atoms with E-state index < -0.39 is 0 Å². The van der Waals surface area contributed by atoms with Gasteiger partial charge < -0.3 is 9.64 Å². The predicted octanol–water partition coefficient (Wildman–Crippen LogP) is 2.54. The molecule has 15 heavy (non-hydrogen) atoms. The maximum atomic E-state index is 5.39. The first-order chi connectivity index (χ1) is 7.34. The Morgan fingerprint density at radius 2 is 1.73 bits per heavy atom. The number of ether oxygens (including phenoxy) is 1. The van der Waals surface area contributed by atoms with Crippen LogP contribution in [0.3, 0.4) is 0 Å². The molecule has 0 aliphatic carbocycles. The van der Waals surface area contributed by atoms with Crippen molar-refractivity contribution in [3.63, 3.8) is 0 Å². The highest BCUT2D eigenvalue weighted by atomic mass is 16.5. The smallest absolute Gasteiger partial charge is 0.0468 e. The Bertz CT molecular complexity index is 169. The summed E-state index contributed by atoms with van der Waals surface area (Å²) in [6, 6.07) is 0. The first-order valence-electron chi connectivity index (χ1n) is 6.64. The number of piperidine rings is 1. The lowest BCUT2D eigenvalue weighted by Crippen LogP contribution is -2.34. The quantitative estimate of drug-likeness (QED) is 0.711. The second-order valence-corrected chi connectivity index (χ2v) is 5.37. The molecule has 0 N–H and O–H groups in total. The standard InChI is InChI=1S/C13H25NO/c1-12-2-7-14(8-3-12)9-4-13-5-10-15-11-6-13/h12-13H,2-11H2,1H3. The second-order valence-electron chi connectivity index (χ2n) is 5.37. The third-order valence-corrected chi connectivity index (χ3v) is 4.07. The highest BCUT2D eigenvalue weighted by Gasteiger charge is 2.18. The maximum absolute atomic E-state index is 5.39. The molecule has 0 aromatic carbocycles. The Balaban J connectivity index is 1.60. The average molecular weight is 211 g/mol. The number of likely N-dealkylation sites (tertiary alicyclic amines) is 1. The molecule has 0 amide bonds. The van der Waals surface area contributed by atoms with Crippen LogP contribution >= 0.6 is 0 Å². The van der Waals surface area contributed by atoms with Crippen molar-refractivity contribution in [2.45, 2.75) is 39.0 Å². The van der Waals surface area contributed by atoms with Crippen molar-refractivity contribution in [1.82, 2.24) is 4.90 Å². The Hall–Kier alpha value is -0.0800. The summed E-state index contributed by atoms with van der Waals surface area (Å²) in [5.41, 5.74) is 0. The molecule has 2 heteroatoms. The average Bonchev–Trinajstić information content (AvgIpc) is 2.30. The Labute approximate surface area is 94.0 Å². The summed E-state index contributed by atoms with van der Waals surface area (Å²) in [5.74, 6) is 1.91. The molecule has 0 unspecified atom stereocenters. The molecule has 0 bridgehead atoms. The number of rotatable bonds is 3. The van der Waals surface area contributed by atoms with Gasteiger partial charge in [-0.3, -0.25) is 0 Å². The van der Waals surface area contributed by atoms with Gasteiger partial charge in [0, 0.05) is 13.2 Å². The van der Waals surface area contributed by atoms with E-state index in [1.165, 1.54) is 51.7 Å². The number of hydrogen-bond acceptors (Lipinski definition) is 2. The van der Waals surface area contributed by atoms with Crippen molar-refractivity contribution >= 4 is 0 Å². The van der Waals surface area contributed by atoms with Crippen molar-refractivity contribution in [1.29, 1.82) is 0 Å². The summed E-state index contributed by atoms with van der Waals surface area (Å²) in [6.07, 6.45) is 6.81. The third kappa shape index (κ3) is 3.76. The Morgan fingerprint density at radius 3 is 2.40 bits per heavy atom. The second kappa shape index (κ2) is 5.86. The molecule has 2 heterocycles. The van der Waals surface area contributed by atoms with E-state index in [1.54, 1.807) is 0 Å². The fraction of sp³-hybridized carbons (Fsp3) is 1.00. The molecule has 0 aromatic rings. The van der Waals surface area contributed by atoms with Crippen LogP contribution in [-0.4, -0.2) is 37.7 Å². The highest BCUT2D eigenvalue weighted by molar-refractivity contribution is 4.71. The van der Waals surface area contributed by atoms with Crippen LogP contribution in [0.2, 0.25) is 0 Å². The molecule has 2 aliphatic heterocycles. The molecule has 0 spiro atoms. The van der Waals surface area contributed by atoms with Crippen LogP contribution in [-0.2, 0) is 4.74 Å². The summed E-state index contributed by atoms with van der Waals surface area (Å²) in [4.78, 5) is 2.66. The van der Waals surface area contributed by atoms with Gasteiger partial charge in [0.05, 0.1) is 0 Å². The zero-order chi connectivity index (χ0) is 10.5. The third-order valence-electron chi connectivity index (χ3n) is 4.07. The Morgan fingerprint density at radius 1 is 1.07 bits per heavy atom. The largest absolute Gasteiger partial charge is 0.381 e. The minimum absolute atomic E-state index is 0.943. The van der Waals surface area contributed by atoms with Gasteiger partial charge in [0.1, 0.15) is 0 Å². The summed E-state index contributed by atoms with van der Waals surface area (Å²) >= 11 is 0. The maximum Gasteiger partial charge on any atom is 0.0468 e. The van der Waals surface area contributed by atoms with E-state index in [4.69, 9.17) is 4.74 Å². The zero-order valence-corrected chi connectivity index (χ0v) is 10.1. The van der Waals surface area contributed by atoms with E-state index >= 15 is 0 Å². The normalized spacial score (nSPS) is 27.0. The van der Waals surface area contributed by atoms with E-state index in [0.717, 1.165) is 25.0 Å². The molecular formula is C13H25NO.